The maximum atomic E-state index is 4.42. The molecular formula is C12H19N5. The average Bonchev–Trinajstić information content (AvgIpc) is 2.78. The Bertz CT molecular complexity index is 509. The number of rotatable bonds is 4. The Morgan fingerprint density at radius 1 is 1.18 bits per heavy atom. The van der Waals surface area contributed by atoms with E-state index in [2.05, 4.69) is 28.6 Å². The summed E-state index contributed by atoms with van der Waals surface area (Å²) in [6, 6.07) is 0. The molecule has 2 heterocycles. The van der Waals surface area contributed by atoms with E-state index in [-0.39, 0.29) is 0 Å². The molecular weight excluding hydrogens is 214 g/mol. The molecule has 92 valence electrons. The summed E-state index contributed by atoms with van der Waals surface area (Å²) in [4.78, 5) is 0. The van der Waals surface area contributed by atoms with E-state index in [1.165, 1.54) is 5.56 Å². The van der Waals surface area contributed by atoms with Gasteiger partial charge in [0.05, 0.1) is 17.1 Å². The number of hydrogen-bond acceptors (Lipinski definition) is 3. The van der Waals surface area contributed by atoms with Gasteiger partial charge in [0.25, 0.3) is 0 Å². The smallest absolute Gasteiger partial charge is 0.0825 e. The normalized spacial score (nSPS) is 10.8. The van der Waals surface area contributed by atoms with Crippen LogP contribution >= 0.6 is 0 Å². The molecule has 0 atom stereocenters. The highest BCUT2D eigenvalue weighted by atomic mass is 15.3. The molecule has 0 aliphatic heterocycles. The minimum Gasteiger partial charge on any atom is -0.378 e. The van der Waals surface area contributed by atoms with E-state index in [9.17, 15) is 0 Å². The molecule has 0 radical (unpaired) electrons. The number of anilines is 1. The second kappa shape index (κ2) is 4.61. The summed E-state index contributed by atoms with van der Waals surface area (Å²) in [5, 5.41) is 12.1. The van der Waals surface area contributed by atoms with Crippen molar-refractivity contribution in [3.63, 3.8) is 0 Å². The summed E-state index contributed by atoms with van der Waals surface area (Å²) in [5.74, 6) is 0. The van der Waals surface area contributed by atoms with E-state index < -0.39 is 0 Å². The van der Waals surface area contributed by atoms with Gasteiger partial charge in [-0.15, -0.1) is 0 Å². The van der Waals surface area contributed by atoms with Crippen LogP contribution in [0.15, 0.2) is 12.4 Å². The van der Waals surface area contributed by atoms with Crippen LogP contribution in [0, 0.1) is 6.92 Å². The van der Waals surface area contributed by atoms with Gasteiger partial charge in [-0.2, -0.15) is 10.2 Å². The molecule has 1 N–H and O–H groups in total. The lowest BCUT2D eigenvalue weighted by molar-refractivity contribution is 0.746. The standard InChI is InChI=1S/C12H19N5/c1-5-11-10(7-16(3)15-11)6-13-12-8-17(4)14-9(12)2/h7-8,13H,5-6H2,1-4H3. The second-order valence-electron chi connectivity index (χ2n) is 4.28. The topological polar surface area (TPSA) is 47.7 Å². The third-order valence-electron chi connectivity index (χ3n) is 2.81. The van der Waals surface area contributed by atoms with E-state index in [1.54, 1.807) is 0 Å². The fraction of sp³-hybridized carbons (Fsp3) is 0.500. The Hall–Kier alpha value is -1.78. The highest BCUT2D eigenvalue weighted by molar-refractivity contribution is 5.46. The molecule has 5 nitrogen and oxygen atoms in total. The first-order valence-corrected chi connectivity index (χ1v) is 5.85. The minimum absolute atomic E-state index is 0.795. The van der Waals surface area contributed by atoms with Crippen LogP contribution in [0.4, 0.5) is 5.69 Å². The Balaban J connectivity index is 2.09. The number of nitrogens with zero attached hydrogens (tertiary/aromatic N) is 4. The van der Waals surface area contributed by atoms with Crippen molar-refractivity contribution in [2.24, 2.45) is 14.1 Å². The third-order valence-corrected chi connectivity index (χ3v) is 2.81. The van der Waals surface area contributed by atoms with Gasteiger partial charge >= 0.3 is 0 Å². The van der Waals surface area contributed by atoms with Gasteiger partial charge in [0.15, 0.2) is 0 Å². The van der Waals surface area contributed by atoms with Crippen molar-refractivity contribution in [1.29, 1.82) is 0 Å². The Morgan fingerprint density at radius 3 is 2.47 bits per heavy atom. The molecule has 2 aromatic rings. The summed E-state index contributed by atoms with van der Waals surface area (Å²) >= 11 is 0. The van der Waals surface area contributed by atoms with Crippen LogP contribution in [-0.2, 0) is 27.1 Å². The average molecular weight is 233 g/mol. The van der Waals surface area contributed by atoms with Crippen molar-refractivity contribution in [2.75, 3.05) is 5.32 Å². The lowest BCUT2D eigenvalue weighted by Gasteiger charge is -2.03. The monoisotopic (exact) mass is 233 g/mol. The van der Waals surface area contributed by atoms with Crippen LogP contribution in [0.3, 0.4) is 0 Å². The predicted octanol–water partition coefficient (Wildman–Crippen LogP) is 1.64. The van der Waals surface area contributed by atoms with Gasteiger partial charge in [0.2, 0.25) is 0 Å². The van der Waals surface area contributed by atoms with E-state index in [0.29, 0.717) is 0 Å². The highest BCUT2D eigenvalue weighted by Crippen LogP contribution is 2.14. The molecule has 0 aliphatic carbocycles. The van der Waals surface area contributed by atoms with E-state index in [4.69, 9.17) is 0 Å². The van der Waals surface area contributed by atoms with Gasteiger partial charge < -0.3 is 5.32 Å². The molecule has 0 spiro atoms. The van der Waals surface area contributed by atoms with Crippen LogP contribution in [-0.4, -0.2) is 19.6 Å². The molecule has 0 aromatic carbocycles. The largest absolute Gasteiger partial charge is 0.378 e. The summed E-state index contributed by atoms with van der Waals surface area (Å²) in [5.41, 5.74) is 4.51. The van der Waals surface area contributed by atoms with E-state index >= 15 is 0 Å². The van der Waals surface area contributed by atoms with Crippen molar-refractivity contribution < 1.29 is 0 Å². The third kappa shape index (κ3) is 2.49. The van der Waals surface area contributed by atoms with E-state index in [1.807, 2.05) is 36.6 Å². The van der Waals surface area contributed by atoms with Gasteiger partial charge in [-0.05, 0) is 13.3 Å². The first kappa shape index (κ1) is 11.7. The van der Waals surface area contributed by atoms with Crippen molar-refractivity contribution in [3.8, 4) is 0 Å². The summed E-state index contributed by atoms with van der Waals surface area (Å²) in [6.45, 7) is 4.93. The number of hydrogen-bond donors (Lipinski definition) is 1. The van der Waals surface area contributed by atoms with Crippen molar-refractivity contribution >= 4 is 5.69 Å². The van der Waals surface area contributed by atoms with Crippen LogP contribution < -0.4 is 5.32 Å². The number of aryl methyl sites for hydroxylation is 4. The maximum Gasteiger partial charge on any atom is 0.0825 e. The lowest BCUT2D eigenvalue weighted by atomic mass is 10.2. The highest BCUT2D eigenvalue weighted by Gasteiger charge is 2.07. The molecule has 0 bridgehead atoms. The van der Waals surface area contributed by atoms with Crippen LogP contribution in [0.25, 0.3) is 0 Å². The molecule has 5 heteroatoms. The van der Waals surface area contributed by atoms with Gasteiger partial charge in [-0.1, -0.05) is 6.92 Å². The quantitative estimate of drug-likeness (QED) is 0.873. The first-order valence-electron chi connectivity index (χ1n) is 5.85. The maximum absolute atomic E-state index is 4.42. The number of nitrogens with one attached hydrogen (secondary N) is 1. The first-order chi connectivity index (χ1) is 8.10. The van der Waals surface area contributed by atoms with Crippen LogP contribution in [0.5, 0.6) is 0 Å². The van der Waals surface area contributed by atoms with Crippen LogP contribution in [0.2, 0.25) is 0 Å². The molecule has 0 fully saturated rings. The fourth-order valence-corrected chi connectivity index (χ4v) is 1.99. The van der Waals surface area contributed by atoms with Gasteiger partial charge in [-0.25, -0.2) is 0 Å². The molecule has 2 aromatic heterocycles. The van der Waals surface area contributed by atoms with Gasteiger partial charge in [-0.3, -0.25) is 9.36 Å². The molecule has 2 rings (SSSR count). The SMILES string of the molecule is CCc1nn(C)cc1CNc1cn(C)nc1C. The molecule has 0 amide bonds. The van der Waals surface area contributed by atoms with Gasteiger partial charge in [0.1, 0.15) is 0 Å². The summed E-state index contributed by atoms with van der Waals surface area (Å²) in [6.07, 6.45) is 5.03. The van der Waals surface area contributed by atoms with Gasteiger partial charge in [0, 0.05) is 38.6 Å². The fourth-order valence-electron chi connectivity index (χ4n) is 1.99. The van der Waals surface area contributed by atoms with E-state index in [0.717, 1.165) is 30.0 Å². The zero-order valence-corrected chi connectivity index (χ0v) is 10.9. The zero-order valence-electron chi connectivity index (χ0n) is 10.9. The second-order valence-corrected chi connectivity index (χ2v) is 4.28. The molecule has 0 saturated heterocycles. The molecule has 0 saturated carbocycles. The zero-order chi connectivity index (χ0) is 12.4. The molecule has 0 aliphatic rings. The molecule has 0 unspecified atom stereocenters. The number of aromatic nitrogens is 4. The Morgan fingerprint density at radius 2 is 1.88 bits per heavy atom. The Labute approximate surface area is 101 Å². The van der Waals surface area contributed by atoms with Crippen molar-refractivity contribution in [3.05, 3.63) is 29.3 Å². The van der Waals surface area contributed by atoms with Crippen LogP contribution in [0.1, 0.15) is 23.9 Å². The minimum atomic E-state index is 0.795. The lowest BCUT2D eigenvalue weighted by Crippen LogP contribution is -2.01. The summed E-state index contributed by atoms with van der Waals surface area (Å²) in [7, 11) is 3.89. The summed E-state index contributed by atoms with van der Waals surface area (Å²) < 4.78 is 3.69. The van der Waals surface area contributed by atoms with Crippen molar-refractivity contribution in [1.82, 2.24) is 19.6 Å². The predicted molar refractivity (Wildman–Crippen MR) is 67.9 cm³/mol. The van der Waals surface area contributed by atoms with Crippen molar-refractivity contribution in [2.45, 2.75) is 26.8 Å². The molecule has 17 heavy (non-hydrogen) atoms. The Kier molecular flexibility index (Phi) is 3.17.